The van der Waals surface area contributed by atoms with Gasteiger partial charge in [0.25, 0.3) is 0 Å². The molecule has 1 aromatic carbocycles. The van der Waals surface area contributed by atoms with E-state index < -0.39 is 0 Å². The minimum Gasteiger partial charge on any atom is -0.294 e. The molecule has 4 heterocycles. The smallest absolute Gasteiger partial charge is 0.160 e. The van der Waals surface area contributed by atoms with Crippen LogP contribution in [0, 0.1) is 0 Å². The second-order valence-electron chi connectivity index (χ2n) is 7.29. The van der Waals surface area contributed by atoms with Crippen molar-refractivity contribution in [2.75, 3.05) is 6.54 Å². The fourth-order valence-electron chi connectivity index (χ4n) is 3.70. The number of hydrogen-bond acceptors (Lipinski definition) is 5. The molecule has 0 bridgehead atoms. The van der Waals surface area contributed by atoms with E-state index in [0.29, 0.717) is 0 Å². The summed E-state index contributed by atoms with van der Waals surface area (Å²) < 4.78 is 0. The molecular formula is C24H21N5. The van der Waals surface area contributed by atoms with Crippen LogP contribution in [-0.4, -0.2) is 31.4 Å². The second-order valence-corrected chi connectivity index (χ2v) is 7.29. The Bertz CT molecular complexity index is 1100. The number of benzene rings is 1. The largest absolute Gasteiger partial charge is 0.294 e. The third kappa shape index (κ3) is 3.91. The van der Waals surface area contributed by atoms with Gasteiger partial charge in [0.05, 0.1) is 11.4 Å². The first-order valence-electron chi connectivity index (χ1n) is 9.83. The number of fused-ring (bicyclic) bond motifs is 1. The molecule has 5 nitrogen and oxygen atoms in total. The van der Waals surface area contributed by atoms with Crippen molar-refractivity contribution >= 4 is 0 Å². The van der Waals surface area contributed by atoms with Crippen LogP contribution in [0.5, 0.6) is 0 Å². The highest BCUT2D eigenvalue weighted by Gasteiger charge is 2.19. The summed E-state index contributed by atoms with van der Waals surface area (Å²) in [5, 5.41) is 0. The van der Waals surface area contributed by atoms with E-state index >= 15 is 0 Å². The molecule has 1 aliphatic heterocycles. The molecule has 0 saturated heterocycles. The summed E-state index contributed by atoms with van der Waals surface area (Å²) in [5.74, 6) is 0.756. The molecule has 5 rings (SSSR count). The summed E-state index contributed by atoms with van der Waals surface area (Å²) in [6.45, 7) is 2.73. The first-order valence-corrected chi connectivity index (χ1v) is 9.83. The van der Waals surface area contributed by atoms with Crippen molar-refractivity contribution in [2.45, 2.75) is 19.5 Å². The maximum Gasteiger partial charge on any atom is 0.160 e. The van der Waals surface area contributed by atoms with Crippen LogP contribution in [0.3, 0.4) is 0 Å². The normalized spacial score (nSPS) is 13.8. The number of aromatic nitrogens is 4. The van der Waals surface area contributed by atoms with Crippen LogP contribution in [0.4, 0.5) is 0 Å². The van der Waals surface area contributed by atoms with Crippen molar-refractivity contribution in [2.24, 2.45) is 0 Å². The van der Waals surface area contributed by atoms with E-state index in [1.54, 1.807) is 6.20 Å². The van der Waals surface area contributed by atoms with Gasteiger partial charge in [-0.05, 0) is 23.8 Å². The Kier molecular flexibility index (Phi) is 4.80. The van der Waals surface area contributed by atoms with Gasteiger partial charge in [-0.15, -0.1) is 0 Å². The van der Waals surface area contributed by atoms with E-state index in [-0.39, 0.29) is 0 Å². The predicted octanol–water partition coefficient (Wildman–Crippen LogP) is 4.16. The molecule has 0 saturated carbocycles. The summed E-state index contributed by atoms with van der Waals surface area (Å²) in [4.78, 5) is 20.6. The topological polar surface area (TPSA) is 54.8 Å². The number of hydrogen-bond donors (Lipinski definition) is 0. The van der Waals surface area contributed by atoms with Crippen molar-refractivity contribution in [3.05, 3.63) is 96.2 Å². The molecule has 0 radical (unpaired) electrons. The van der Waals surface area contributed by atoms with Gasteiger partial charge < -0.3 is 0 Å². The van der Waals surface area contributed by atoms with Gasteiger partial charge in [0, 0.05) is 67.5 Å². The molecule has 3 aromatic heterocycles. The van der Waals surface area contributed by atoms with Crippen molar-refractivity contribution in [1.29, 1.82) is 0 Å². The van der Waals surface area contributed by atoms with Gasteiger partial charge in [-0.3, -0.25) is 14.9 Å². The van der Waals surface area contributed by atoms with Gasteiger partial charge in [-0.1, -0.05) is 36.4 Å². The van der Waals surface area contributed by atoms with Crippen molar-refractivity contribution in [3.63, 3.8) is 0 Å². The van der Waals surface area contributed by atoms with E-state index in [1.165, 1.54) is 11.1 Å². The lowest BCUT2D eigenvalue weighted by atomic mass is 10.1. The van der Waals surface area contributed by atoms with Crippen molar-refractivity contribution in [3.8, 4) is 22.6 Å². The molecule has 0 amide bonds. The maximum absolute atomic E-state index is 4.78. The van der Waals surface area contributed by atoms with E-state index in [1.807, 2.05) is 48.9 Å². The third-order valence-corrected chi connectivity index (χ3v) is 5.23. The zero-order valence-electron chi connectivity index (χ0n) is 16.1. The van der Waals surface area contributed by atoms with Gasteiger partial charge >= 0.3 is 0 Å². The second kappa shape index (κ2) is 7.89. The van der Waals surface area contributed by atoms with Gasteiger partial charge in [-0.2, -0.15) is 0 Å². The Labute approximate surface area is 170 Å². The summed E-state index contributed by atoms with van der Waals surface area (Å²) in [6, 6.07) is 18.5. The molecule has 0 fully saturated rings. The summed E-state index contributed by atoms with van der Waals surface area (Å²) in [7, 11) is 0. The summed E-state index contributed by atoms with van der Waals surface area (Å²) in [6.07, 6.45) is 8.46. The molecule has 0 atom stereocenters. The number of nitrogens with zero attached hydrogens (tertiary/aromatic N) is 5. The Morgan fingerprint density at radius 2 is 1.72 bits per heavy atom. The molecule has 0 aliphatic carbocycles. The lowest BCUT2D eigenvalue weighted by Gasteiger charge is -2.28. The van der Waals surface area contributed by atoms with Crippen LogP contribution >= 0.6 is 0 Å². The zero-order chi connectivity index (χ0) is 19.5. The predicted molar refractivity (Wildman–Crippen MR) is 113 cm³/mol. The quantitative estimate of drug-likeness (QED) is 0.533. The van der Waals surface area contributed by atoms with Gasteiger partial charge in [0.2, 0.25) is 0 Å². The van der Waals surface area contributed by atoms with Crippen LogP contribution in [0.25, 0.3) is 22.6 Å². The van der Waals surface area contributed by atoms with Crippen LogP contribution in [-0.2, 0) is 19.5 Å². The molecule has 1 aliphatic rings. The fourth-order valence-corrected chi connectivity index (χ4v) is 3.70. The molecular weight excluding hydrogens is 358 g/mol. The minimum atomic E-state index is 0.756. The lowest BCUT2D eigenvalue weighted by molar-refractivity contribution is 0.242. The van der Waals surface area contributed by atoms with Crippen LogP contribution in [0.1, 0.15) is 16.8 Å². The zero-order valence-corrected chi connectivity index (χ0v) is 16.1. The lowest BCUT2D eigenvalue weighted by Crippen LogP contribution is -2.31. The van der Waals surface area contributed by atoms with E-state index in [9.17, 15) is 0 Å². The van der Waals surface area contributed by atoms with Crippen LogP contribution in [0.2, 0.25) is 0 Å². The average molecular weight is 379 g/mol. The van der Waals surface area contributed by atoms with Crippen molar-refractivity contribution < 1.29 is 0 Å². The summed E-state index contributed by atoms with van der Waals surface area (Å²) >= 11 is 0. The highest BCUT2D eigenvalue weighted by atomic mass is 15.1. The Morgan fingerprint density at radius 1 is 0.828 bits per heavy atom. The fraction of sp³-hybridized carbons (Fsp3) is 0.167. The van der Waals surface area contributed by atoms with Gasteiger partial charge in [-0.25, -0.2) is 9.97 Å². The number of pyridine rings is 2. The Hall–Kier alpha value is -3.44. The Balaban J connectivity index is 1.28. The van der Waals surface area contributed by atoms with Gasteiger partial charge in [0.1, 0.15) is 0 Å². The molecule has 0 spiro atoms. The van der Waals surface area contributed by atoms with E-state index in [2.05, 4.69) is 44.1 Å². The third-order valence-electron chi connectivity index (χ3n) is 5.23. The molecule has 0 unspecified atom stereocenters. The SMILES string of the molecule is c1ccc(-c2ccc(CN3CCc4nc(-c5cccnc5)ncc4C3)cn2)cc1. The van der Waals surface area contributed by atoms with Crippen LogP contribution in [0.15, 0.2) is 79.4 Å². The maximum atomic E-state index is 4.78. The molecule has 142 valence electrons. The standard InChI is InChI=1S/C24H21N5/c1-2-5-19(6-3-1)22-9-8-18(13-26-22)16-29-12-10-23-21(17-29)15-27-24(28-23)20-7-4-11-25-14-20/h1-9,11,13-15H,10,12,16-17H2. The first-order chi connectivity index (χ1) is 14.3. The monoisotopic (exact) mass is 379 g/mol. The molecule has 4 aromatic rings. The molecule has 5 heteroatoms. The summed E-state index contributed by atoms with van der Waals surface area (Å²) in [5.41, 5.74) is 6.69. The van der Waals surface area contributed by atoms with Crippen molar-refractivity contribution in [1.82, 2.24) is 24.8 Å². The van der Waals surface area contributed by atoms with Gasteiger partial charge in [0.15, 0.2) is 5.82 Å². The highest BCUT2D eigenvalue weighted by Crippen LogP contribution is 2.22. The molecule has 0 N–H and O–H groups in total. The Morgan fingerprint density at radius 3 is 2.52 bits per heavy atom. The first kappa shape index (κ1) is 17.6. The average Bonchev–Trinajstić information content (AvgIpc) is 2.80. The van der Waals surface area contributed by atoms with Crippen LogP contribution < -0.4 is 0 Å². The minimum absolute atomic E-state index is 0.756. The number of rotatable bonds is 4. The van der Waals surface area contributed by atoms with E-state index in [4.69, 9.17) is 4.98 Å². The molecule has 29 heavy (non-hydrogen) atoms. The van der Waals surface area contributed by atoms with E-state index in [0.717, 1.165) is 54.4 Å². The highest BCUT2D eigenvalue weighted by molar-refractivity contribution is 5.58.